The number of benzene rings is 1. The van der Waals surface area contributed by atoms with Crippen LogP contribution >= 0.6 is 0 Å². The second-order valence-corrected chi connectivity index (χ2v) is 5.80. The average Bonchev–Trinajstić information content (AvgIpc) is 3.00. The van der Waals surface area contributed by atoms with Crippen LogP contribution in [-0.2, 0) is 11.3 Å². The van der Waals surface area contributed by atoms with Gasteiger partial charge in [0.2, 0.25) is 0 Å². The number of fused-ring (bicyclic) bond motifs is 5. The van der Waals surface area contributed by atoms with Crippen LogP contribution in [-0.4, -0.2) is 30.2 Å². The molecule has 3 saturated heterocycles. The fraction of sp³-hybridized carbons (Fsp3) is 0.600. The van der Waals surface area contributed by atoms with Crippen molar-refractivity contribution < 1.29 is 4.74 Å². The van der Waals surface area contributed by atoms with Crippen LogP contribution in [0.15, 0.2) is 30.3 Å². The Labute approximate surface area is 103 Å². The van der Waals surface area contributed by atoms with Crippen molar-refractivity contribution in [2.24, 2.45) is 11.8 Å². The van der Waals surface area contributed by atoms with Gasteiger partial charge in [0.1, 0.15) is 0 Å². The van der Waals surface area contributed by atoms with Gasteiger partial charge in [0.05, 0.1) is 12.2 Å². The quantitative estimate of drug-likeness (QED) is 0.771. The lowest BCUT2D eigenvalue weighted by Crippen LogP contribution is -2.24. The van der Waals surface area contributed by atoms with Crippen LogP contribution in [0.5, 0.6) is 0 Å². The van der Waals surface area contributed by atoms with Crippen molar-refractivity contribution in [1.82, 2.24) is 4.90 Å². The van der Waals surface area contributed by atoms with Gasteiger partial charge in [-0.3, -0.25) is 4.90 Å². The minimum absolute atomic E-state index is 0.589. The largest absolute Gasteiger partial charge is 0.374 e. The molecule has 3 fully saturated rings. The summed E-state index contributed by atoms with van der Waals surface area (Å²) in [6, 6.07) is 10.8. The summed E-state index contributed by atoms with van der Waals surface area (Å²) < 4.78 is 6.01. The van der Waals surface area contributed by atoms with E-state index < -0.39 is 0 Å². The number of ether oxygens (including phenoxy) is 1. The first-order valence-electron chi connectivity index (χ1n) is 6.82. The maximum atomic E-state index is 6.01. The topological polar surface area (TPSA) is 12.5 Å². The van der Waals surface area contributed by atoms with Gasteiger partial charge in [0.15, 0.2) is 0 Å². The highest BCUT2D eigenvalue weighted by Gasteiger charge is 2.52. The molecule has 2 nitrogen and oxygen atoms in total. The molecule has 0 saturated carbocycles. The highest BCUT2D eigenvalue weighted by molar-refractivity contribution is 5.15. The van der Waals surface area contributed by atoms with Gasteiger partial charge in [-0.05, 0) is 18.4 Å². The first-order chi connectivity index (χ1) is 8.40. The van der Waals surface area contributed by atoms with Crippen LogP contribution in [0.1, 0.15) is 18.4 Å². The van der Waals surface area contributed by atoms with Crippen molar-refractivity contribution in [2.45, 2.75) is 31.6 Å². The van der Waals surface area contributed by atoms with Crippen LogP contribution in [0.3, 0.4) is 0 Å². The number of nitrogens with zero attached hydrogens (tertiary/aromatic N) is 1. The van der Waals surface area contributed by atoms with Crippen molar-refractivity contribution in [2.75, 3.05) is 13.1 Å². The van der Waals surface area contributed by atoms with Crippen LogP contribution < -0.4 is 0 Å². The molecule has 0 spiro atoms. The molecule has 0 radical (unpaired) electrons. The molecule has 0 amide bonds. The van der Waals surface area contributed by atoms with E-state index in [1.54, 1.807) is 0 Å². The summed E-state index contributed by atoms with van der Waals surface area (Å²) in [6.07, 6.45) is 3.80. The molecule has 1 aromatic carbocycles. The highest BCUT2D eigenvalue weighted by Crippen LogP contribution is 2.47. The molecule has 2 bridgehead atoms. The van der Waals surface area contributed by atoms with Gasteiger partial charge in [-0.25, -0.2) is 0 Å². The second-order valence-electron chi connectivity index (χ2n) is 5.80. The van der Waals surface area contributed by atoms with Crippen molar-refractivity contribution in [3.8, 4) is 0 Å². The van der Waals surface area contributed by atoms with Crippen molar-refractivity contribution in [3.05, 3.63) is 35.9 Å². The lowest BCUT2D eigenvalue weighted by Gasteiger charge is -2.18. The van der Waals surface area contributed by atoms with E-state index in [0.717, 1.165) is 18.4 Å². The SMILES string of the molecule is c1ccc(CN2CC3C4CCC(O4)C3C2)cc1. The molecule has 4 unspecified atom stereocenters. The Morgan fingerprint density at radius 1 is 1.00 bits per heavy atom. The molecule has 0 aliphatic carbocycles. The summed E-state index contributed by atoms with van der Waals surface area (Å²) in [5.41, 5.74) is 1.45. The summed E-state index contributed by atoms with van der Waals surface area (Å²) in [4.78, 5) is 2.62. The molecule has 4 rings (SSSR count). The minimum atomic E-state index is 0.589. The molecular formula is C15H19NO. The molecule has 3 aliphatic rings. The first kappa shape index (κ1) is 10.1. The van der Waals surface area contributed by atoms with E-state index >= 15 is 0 Å². The summed E-state index contributed by atoms with van der Waals surface area (Å²) in [5, 5.41) is 0. The third-order valence-electron chi connectivity index (χ3n) is 4.78. The van der Waals surface area contributed by atoms with E-state index in [-0.39, 0.29) is 0 Å². The van der Waals surface area contributed by atoms with Gasteiger partial charge < -0.3 is 4.74 Å². The predicted molar refractivity (Wildman–Crippen MR) is 66.6 cm³/mol. The van der Waals surface area contributed by atoms with E-state index in [9.17, 15) is 0 Å². The Kier molecular flexibility index (Phi) is 2.27. The Hall–Kier alpha value is -0.860. The average molecular weight is 229 g/mol. The minimum Gasteiger partial charge on any atom is -0.374 e. The molecule has 4 atom stereocenters. The van der Waals surface area contributed by atoms with Crippen LogP contribution in [0.2, 0.25) is 0 Å². The smallest absolute Gasteiger partial charge is 0.0624 e. The molecule has 1 aromatic rings. The van der Waals surface area contributed by atoms with Crippen LogP contribution in [0.25, 0.3) is 0 Å². The summed E-state index contributed by atoms with van der Waals surface area (Å²) in [6.45, 7) is 3.62. The Bertz CT molecular complexity index is 387. The van der Waals surface area contributed by atoms with Gasteiger partial charge in [0.25, 0.3) is 0 Å². The van der Waals surface area contributed by atoms with E-state index in [2.05, 4.69) is 35.2 Å². The van der Waals surface area contributed by atoms with Crippen molar-refractivity contribution in [3.63, 3.8) is 0 Å². The Morgan fingerprint density at radius 2 is 1.65 bits per heavy atom. The van der Waals surface area contributed by atoms with E-state index in [1.165, 1.54) is 31.5 Å². The predicted octanol–water partition coefficient (Wildman–Crippen LogP) is 2.30. The second kappa shape index (κ2) is 3.82. The Morgan fingerprint density at radius 3 is 2.29 bits per heavy atom. The fourth-order valence-electron chi connectivity index (χ4n) is 4.02. The van der Waals surface area contributed by atoms with Gasteiger partial charge in [-0.2, -0.15) is 0 Å². The zero-order valence-electron chi connectivity index (χ0n) is 10.1. The summed E-state index contributed by atoms with van der Waals surface area (Å²) >= 11 is 0. The maximum Gasteiger partial charge on any atom is 0.0624 e. The zero-order valence-corrected chi connectivity index (χ0v) is 10.1. The van der Waals surface area contributed by atoms with Gasteiger partial charge in [-0.15, -0.1) is 0 Å². The lowest BCUT2D eigenvalue weighted by atomic mass is 9.82. The van der Waals surface area contributed by atoms with Crippen molar-refractivity contribution in [1.29, 1.82) is 0 Å². The van der Waals surface area contributed by atoms with Crippen molar-refractivity contribution >= 4 is 0 Å². The maximum absolute atomic E-state index is 6.01. The van der Waals surface area contributed by atoms with Gasteiger partial charge >= 0.3 is 0 Å². The first-order valence-corrected chi connectivity index (χ1v) is 6.82. The van der Waals surface area contributed by atoms with E-state index in [0.29, 0.717) is 12.2 Å². The fourth-order valence-corrected chi connectivity index (χ4v) is 4.02. The standard InChI is InChI=1S/C15H19NO/c1-2-4-11(5-3-1)8-16-9-12-13(10-16)15-7-6-14(12)17-15/h1-5,12-15H,6-10H2. The van der Waals surface area contributed by atoms with Gasteiger partial charge in [-0.1, -0.05) is 30.3 Å². The number of likely N-dealkylation sites (tertiary alicyclic amines) is 1. The molecule has 3 aliphatic heterocycles. The molecule has 0 aromatic heterocycles. The third kappa shape index (κ3) is 1.62. The van der Waals surface area contributed by atoms with E-state index in [1.807, 2.05) is 0 Å². The number of rotatable bonds is 2. The molecule has 90 valence electrons. The summed E-state index contributed by atoms with van der Waals surface area (Å²) in [5.74, 6) is 1.66. The number of hydrogen-bond donors (Lipinski definition) is 0. The highest BCUT2D eigenvalue weighted by atomic mass is 16.5. The number of hydrogen-bond acceptors (Lipinski definition) is 2. The van der Waals surface area contributed by atoms with E-state index in [4.69, 9.17) is 4.74 Å². The molecular weight excluding hydrogens is 210 g/mol. The molecule has 0 N–H and O–H groups in total. The molecule has 17 heavy (non-hydrogen) atoms. The third-order valence-corrected chi connectivity index (χ3v) is 4.78. The molecule has 2 heteroatoms. The monoisotopic (exact) mass is 229 g/mol. The summed E-state index contributed by atoms with van der Waals surface area (Å²) in [7, 11) is 0. The zero-order chi connectivity index (χ0) is 11.2. The Balaban J connectivity index is 1.46. The van der Waals surface area contributed by atoms with Crippen LogP contribution in [0, 0.1) is 11.8 Å². The normalized spacial score (nSPS) is 39.8. The van der Waals surface area contributed by atoms with Gasteiger partial charge in [0, 0.05) is 31.5 Å². The molecule has 3 heterocycles. The van der Waals surface area contributed by atoms with Crippen LogP contribution in [0.4, 0.5) is 0 Å². The lowest BCUT2D eigenvalue weighted by molar-refractivity contribution is 0.0697.